The highest BCUT2D eigenvalue weighted by Gasteiger charge is 2.01. The fourth-order valence-electron chi connectivity index (χ4n) is 1.08. The Morgan fingerprint density at radius 3 is 2.64 bits per heavy atom. The Morgan fingerprint density at radius 2 is 2.14 bits per heavy atom. The maximum Gasteiger partial charge on any atom is 0.303 e. The molecule has 0 amide bonds. The number of ether oxygens (including phenoxy) is 1. The summed E-state index contributed by atoms with van der Waals surface area (Å²) in [7, 11) is 0. The van der Waals surface area contributed by atoms with E-state index in [9.17, 15) is 4.79 Å². The van der Waals surface area contributed by atoms with Crippen LogP contribution in [0, 0.1) is 0 Å². The summed E-state index contributed by atoms with van der Waals surface area (Å²) >= 11 is 0. The van der Waals surface area contributed by atoms with Crippen molar-refractivity contribution in [2.24, 2.45) is 0 Å². The SMILES string of the molecule is C/C=C/C(/C=C\CCCC)OC(C)=O. The highest BCUT2D eigenvalue weighted by Crippen LogP contribution is 2.01. The van der Waals surface area contributed by atoms with Gasteiger partial charge in [-0.1, -0.05) is 31.9 Å². The van der Waals surface area contributed by atoms with Gasteiger partial charge in [-0.3, -0.25) is 4.79 Å². The van der Waals surface area contributed by atoms with Gasteiger partial charge >= 0.3 is 5.97 Å². The van der Waals surface area contributed by atoms with E-state index in [0.29, 0.717) is 0 Å². The van der Waals surface area contributed by atoms with E-state index in [2.05, 4.69) is 13.0 Å². The molecule has 0 fully saturated rings. The summed E-state index contributed by atoms with van der Waals surface area (Å²) in [6.45, 7) is 5.50. The number of esters is 1. The first-order chi connectivity index (χ1) is 6.70. The van der Waals surface area contributed by atoms with E-state index in [0.717, 1.165) is 6.42 Å². The van der Waals surface area contributed by atoms with E-state index in [-0.39, 0.29) is 12.1 Å². The predicted octanol–water partition coefficient (Wildman–Crippen LogP) is 3.24. The van der Waals surface area contributed by atoms with Crippen LogP contribution in [0.1, 0.15) is 40.0 Å². The molecule has 0 aromatic carbocycles. The van der Waals surface area contributed by atoms with Gasteiger partial charge in [0.05, 0.1) is 0 Å². The van der Waals surface area contributed by atoms with Crippen molar-refractivity contribution < 1.29 is 9.53 Å². The monoisotopic (exact) mass is 196 g/mol. The first-order valence-corrected chi connectivity index (χ1v) is 5.17. The molecule has 0 heterocycles. The first kappa shape index (κ1) is 12.9. The standard InChI is InChI=1S/C12H20O2/c1-4-6-7-8-10-12(9-5-2)14-11(3)13/h5,8-10,12H,4,6-7H2,1-3H3/b9-5+,10-8-. The Kier molecular flexibility index (Phi) is 7.90. The Morgan fingerprint density at radius 1 is 1.43 bits per heavy atom. The van der Waals surface area contributed by atoms with Gasteiger partial charge in [-0.25, -0.2) is 0 Å². The lowest BCUT2D eigenvalue weighted by atomic mass is 10.2. The molecule has 14 heavy (non-hydrogen) atoms. The van der Waals surface area contributed by atoms with E-state index < -0.39 is 0 Å². The number of hydrogen-bond acceptors (Lipinski definition) is 2. The Balaban J connectivity index is 3.95. The molecular weight excluding hydrogens is 176 g/mol. The summed E-state index contributed by atoms with van der Waals surface area (Å²) in [5.41, 5.74) is 0. The largest absolute Gasteiger partial charge is 0.454 e. The maximum absolute atomic E-state index is 10.7. The van der Waals surface area contributed by atoms with Crippen LogP contribution in [0.25, 0.3) is 0 Å². The van der Waals surface area contributed by atoms with Crippen molar-refractivity contribution >= 4 is 5.97 Å². The number of carbonyl (C=O) groups is 1. The van der Waals surface area contributed by atoms with Gasteiger partial charge < -0.3 is 4.74 Å². The number of allylic oxidation sites excluding steroid dienone is 2. The van der Waals surface area contributed by atoms with Crippen LogP contribution in [-0.2, 0) is 9.53 Å². The molecule has 0 aromatic rings. The second-order valence-electron chi connectivity index (χ2n) is 3.17. The van der Waals surface area contributed by atoms with Gasteiger partial charge in [-0.05, 0) is 25.5 Å². The highest BCUT2D eigenvalue weighted by molar-refractivity contribution is 5.66. The molecule has 1 unspecified atom stereocenters. The predicted molar refractivity (Wildman–Crippen MR) is 59.0 cm³/mol. The number of carbonyl (C=O) groups excluding carboxylic acids is 1. The molecule has 1 atom stereocenters. The van der Waals surface area contributed by atoms with Crippen LogP contribution in [0.15, 0.2) is 24.3 Å². The Labute approximate surface area is 86.6 Å². The lowest BCUT2D eigenvalue weighted by Gasteiger charge is -2.07. The third-order valence-corrected chi connectivity index (χ3v) is 1.73. The maximum atomic E-state index is 10.7. The van der Waals surface area contributed by atoms with Gasteiger partial charge in [0.25, 0.3) is 0 Å². The average molecular weight is 196 g/mol. The van der Waals surface area contributed by atoms with Crippen LogP contribution in [-0.4, -0.2) is 12.1 Å². The molecule has 0 saturated carbocycles. The van der Waals surface area contributed by atoms with Crippen molar-refractivity contribution in [1.82, 2.24) is 0 Å². The summed E-state index contributed by atoms with van der Waals surface area (Å²) in [6.07, 6.45) is 11.0. The van der Waals surface area contributed by atoms with Gasteiger partial charge in [0.15, 0.2) is 0 Å². The zero-order valence-electron chi connectivity index (χ0n) is 9.32. The van der Waals surface area contributed by atoms with Crippen molar-refractivity contribution in [1.29, 1.82) is 0 Å². The van der Waals surface area contributed by atoms with Crippen LogP contribution in [0.3, 0.4) is 0 Å². The lowest BCUT2D eigenvalue weighted by molar-refractivity contribution is -0.142. The number of hydrogen-bond donors (Lipinski definition) is 0. The van der Waals surface area contributed by atoms with E-state index in [1.165, 1.54) is 19.8 Å². The molecule has 0 aliphatic rings. The molecule has 0 aromatic heterocycles. The van der Waals surface area contributed by atoms with E-state index >= 15 is 0 Å². The molecule has 0 radical (unpaired) electrons. The summed E-state index contributed by atoms with van der Waals surface area (Å²) in [6, 6.07) is 0. The number of rotatable bonds is 6. The highest BCUT2D eigenvalue weighted by atomic mass is 16.5. The molecule has 80 valence electrons. The van der Waals surface area contributed by atoms with Crippen molar-refractivity contribution in [3.63, 3.8) is 0 Å². The lowest BCUT2D eigenvalue weighted by Crippen LogP contribution is -2.10. The molecule has 0 aliphatic heterocycles. The average Bonchev–Trinajstić information content (AvgIpc) is 2.12. The van der Waals surface area contributed by atoms with Crippen LogP contribution >= 0.6 is 0 Å². The minimum absolute atomic E-state index is 0.200. The summed E-state index contributed by atoms with van der Waals surface area (Å²) in [5, 5.41) is 0. The van der Waals surface area contributed by atoms with Gasteiger partial charge in [0, 0.05) is 6.92 Å². The van der Waals surface area contributed by atoms with Crippen LogP contribution in [0.5, 0.6) is 0 Å². The van der Waals surface area contributed by atoms with Gasteiger partial charge in [0.2, 0.25) is 0 Å². The van der Waals surface area contributed by atoms with Crippen LogP contribution in [0.4, 0.5) is 0 Å². The molecule has 0 N–H and O–H groups in total. The van der Waals surface area contributed by atoms with Gasteiger partial charge in [0.1, 0.15) is 6.10 Å². The second kappa shape index (κ2) is 8.54. The van der Waals surface area contributed by atoms with Crippen molar-refractivity contribution in [2.45, 2.75) is 46.1 Å². The third kappa shape index (κ3) is 7.59. The van der Waals surface area contributed by atoms with Crippen LogP contribution in [0.2, 0.25) is 0 Å². The fourth-order valence-corrected chi connectivity index (χ4v) is 1.08. The summed E-state index contributed by atoms with van der Waals surface area (Å²) in [4.78, 5) is 10.7. The van der Waals surface area contributed by atoms with Crippen molar-refractivity contribution in [2.75, 3.05) is 0 Å². The molecule has 0 spiro atoms. The summed E-state index contributed by atoms with van der Waals surface area (Å²) in [5.74, 6) is -0.242. The van der Waals surface area contributed by atoms with Gasteiger partial charge in [-0.15, -0.1) is 0 Å². The van der Waals surface area contributed by atoms with E-state index in [1.807, 2.05) is 25.2 Å². The normalized spacial score (nSPS) is 13.6. The molecule has 0 saturated heterocycles. The summed E-state index contributed by atoms with van der Waals surface area (Å²) < 4.78 is 5.06. The van der Waals surface area contributed by atoms with Crippen molar-refractivity contribution in [3.05, 3.63) is 24.3 Å². The van der Waals surface area contributed by atoms with Gasteiger partial charge in [-0.2, -0.15) is 0 Å². The molecule has 0 aliphatic carbocycles. The molecular formula is C12H20O2. The zero-order valence-corrected chi connectivity index (χ0v) is 9.32. The second-order valence-corrected chi connectivity index (χ2v) is 3.17. The minimum Gasteiger partial charge on any atom is -0.454 e. The smallest absolute Gasteiger partial charge is 0.303 e. The van der Waals surface area contributed by atoms with E-state index in [4.69, 9.17) is 4.74 Å². The molecule has 2 heteroatoms. The molecule has 0 bridgehead atoms. The molecule has 2 nitrogen and oxygen atoms in total. The fraction of sp³-hybridized carbons (Fsp3) is 0.583. The first-order valence-electron chi connectivity index (χ1n) is 5.17. The zero-order chi connectivity index (χ0) is 10.8. The van der Waals surface area contributed by atoms with Crippen molar-refractivity contribution in [3.8, 4) is 0 Å². The molecule has 0 rings (SSSR count). The third-order valence-electron chi connectivity index (χ3n) is 1.73. The Hall–Kier alpha value is -1.05. The van der Waals surface area contributed by atoms with Crippen LogP contribution < -0.4 is 0 Å². The Bertz CT molecular complexity index is 204. The number of unbranched alkanes of at least 4 members (excludes halogenated alkanes) is 2. The minimum atomic E-state index is -0.242. The topological polar surface area (TPSA) is 26.3 Å². The van der Waals surface area contributed by atoms with E-state index in [1.54, 1.807) is 0 Å². The quantitative estimate of drug-likeness (QED) is 0.370.